The highest BCUT2D eigenvalue weighted by Gasteiger charge is 2.35. The molecule has 2 saturated heterocycles. The van der Waals surface area contributed by atoms with Gasteiger partial charge in [-0.2, -0.15) is 0 Å². The summed E-state index contributed by atoms with van der Waals surface area (Å²) in [6.45, 7) is 24.9. The SMILES string of the molecule is C=CC1(C)Cc2cc(C(=O)CCc3c(C)cc(C)[nH]c3=O)cc(-c3ccc(CN4CCOCC4)cc3)c2O1.CC1=CCOc2c(Br)cc(C(=O)CCc3c(C)cc(C)[nH]c3=O)cc2C1.OB(O)c1ccc(CN2CCOCC2)cc1. The molecule has 0 saturated carbocycles. The third-order valence-corrected chi connectivity index (χ3v) is 15.7. The van der Waals surface area contributed by atoms with E-state index in [0.29, 0.717) is 60.0 Å². The maximum atomic E-state index is 13.4. The van der Waals surface area contributed by atoms with Crippen LogP contribution in [0.2, 0.25) is 0 Å². The van der Waals surface area contributed by atoms with E-state index in [1.807, 2.05) is 89.2 Å². The number of halogens is 1. The number of nitrogens with one attached hydrogen (secondary N) is 2. The van der Waals surface area contributed by atoms with Gasteiger partial charge in [-0.05, 0) is 164 Å². The number of aryl methyl sites for hydroxylation is 4. The van der Waals surface area contributed by atoms with Crippen molar-refractivity contribution in [2.75, 3.05) is 59.2 Å². The van der Waals surface area contributed by atoms with Crippen LogP contribution < -0.4 is 26.1 Å². The molecule has 0 spiro atoms. The second kappa shape index (κ2) is 27.3. The molecule has 80 heavy (non-hydrogen) atoms. The zero-order valence-electron chi connectivity index (χ0n) is 47.0. The maximum Gasteiger partial charge on any atom is 0.488 e. The highest BCUT2D eigenvalue weighted by atomic mass is 79.9. The van der Waals surface area contributed by atoms with E-state index in [2.05, 4.69) is 79.5 Å². The highest BCUT2D eigenvalue weighted by Crippen LogP contribution is 2.44. The smallest absolute Gasteiger partial charge is 0.488 e. The van der Waals surface area contributed by atoms with Crippen LogP contribution in [0.4, 0.5) is 0 Å². The van der Waals surface area contributed by atoms with Crippen molar-refractivity contribution in [1.82, 2.24) is 19.8 Å². The first-order chi connectivity index (χ1) is 38.3. The summed E-state index contributed by atoms with van der Waals surface area (Å²) in [7, 11) is -1.38. The molecule has 6 heterocycles. The quantitative estimate of drug-likeness (QED) is 0.0436. The number of hydrogen-bond acceptors (Lipinski definition) is 12. The van der Waals surface area contributed by atoms with E-state index in [1.54, 1.807) is 12.1 Å². The molecule has 0 amide bonds. The minimum atomic E-state index is -1.38. The van der Waals surface area contributed by atoms with Crippen molar-refractivity contribution in [3.8, 4) is 22.6 Å². The summed E-state index contributed by atoms with van der Waals surface area (Å²) in [5, 5.41) is 17.9. The third kappa shape index (κ3) is 15.7. The number of morpholine rings is 2. The molecule has 0 radical (unpaired) electrons. The summed E-state index contributed by atoms with van der Waals surface area (Å²) < 4.78 is 23.7. The molecule has 4 aliphatic rings. The molecule has 6 aromatic rings. The van der Waals surface area contributed by atoms with Crippen molar-refractivity contribution in [1.29, 1.82) is 0 Å². The van der Waals surface area contributed by atoms with Crippen LogP contribution >= 0.6 is 15.9 Å². The van der Waals surface area contributed by atoms with Crippen molar-refractivity contribution in [2.45, 2.75) is 98.8 Å². The summed E-state index contributed by atoms with van der Waals surface area (Å²) in [4.78, 5) is 61.1. The van der Waals surface area contributed by atoms with Crippen molar-refractivity contribution < 1.29 is 38.6 Å². The molecule has 14 nitrogen and oxygen atoms in total. The molecular weight excluding hydrogens is 1080 g/mol. The molecule has 10 rings (SSSR count). The lowest BCUT2D eigenvalue weighted by atomic mass is 9.80. The van der Waals surface area contributed by atoms with Crippen LogP contribution in [0.25, 0.3) is 11.1 Å². The van der Waals surface area contributed by atoms with Gasteiger partial charge in [0, 0.05) is 103 Å². The fraction of sp³-hybridized carbons (Fsp3) is 0.375. The second-order valence-corrected chi connectivity index (χ2v) is 22.5. The molecule has 4 aromatic carbocycles. The number of hydrogen-bond donors (Lipinski definition) is 4. The summed E-state index contributed by atoms with van der Waals surface area (Å²) in [6, 6.07) is 27.4. The molecule has 16 heteroatoms. The van der Waals surface area contributed by atoms with Gasteiger partial charge >= 0.3 is 7.12 Å². The van der Waals surface area contributed by atoms with Crippen LogP contribution in [0.5, 0.6) is 11.5 Å². The molecule has 1 atom stereocenters. The molecule has 0 bridgehead atoms. The largest absolute Gasteiger partial charge is 0.488 e. The van der Waals surface area contributed by atoms with Gasteiger partial charge in [-0.25, -0.2) is 0 Å². The topological polar surface area (TPSA) is 184 Å². The van der Waals surface area contributed by atoms with E-state index in [-0.39, 0.29) is 29.1 Å². The minimum absolute atomic E-state index is 0.0181. The zero-order valence-corrected chi connectivity index (χ0v) is 48.6. The van der Waals surface area contributed by atoms with Gasteiger partial charge in [0.25, 0.3) is 11.1 Å². The third-order valence-electron chi connectivity index (χ3n) is 15.1. The van der Waals surface area contributed by atoms with E-state index >= 15 is 0 Å². The monoisotopic (exact) mass is 1150 g/mol. The minimum Gasteiger partial charge on any atom is -0.488 e. The number of aromatic amines is 2. The molecular formula is C64H74BBrN4O10. The molecule has 4 aliphatic heterocycles. The Labute approximate surface area is 478 Å². The molecule has 1 unspecified atom stereocenters. The van der Waals surface area contributed by atoms with Crippen LogP contribution in [0.1, 0.15) is 103 Å². The number of carbonyl (C=O) groups excluding carboxylic acids is 2. The van der Waals surface area contributed by atoms with Crippen LogP contribution in [-0.4, -0.2) is 113 Å². The first-order valence-electron chi connectivity index (χ1n) is 27.5. The predicted molar refractivity (Wildman–Crippen MR) is 319 cm³/mol. The molecule has 2 aromatic heterocycles. The summed E-state index contributed by atoms with van der Waals surface area (Å²) in [5.41, 5.74) is 13.6. The number of Topliss-reactive ketones (excluding diaryl/α,β-unsaturated/α-hetero) is 2. The van der Waals surface area contributed by atoms with Crippen molar-refractivity contribution in [2.24, 2.45) is 0 Å². The van der Waals surface area contributed by atoms with Crippen LogP contribution in [-0.2, 0) is 48.2 Å². The van der Waals surface area contributed by atoms with Gasteiger partial charge in [-0.1, -0.05) is 60.7 Å². The Hall–Kier alpha value is -6.50. The van der Waals surface area contributed by atoms with Crippen molar-refractivity contribution in [3.63, 3.8) is 0 Å². The Balaban J connectivity index is 0.000000172. The number of ether oxygens (including phenoxy) is 4. The lowest BCUT2D eigenvalue weighted by Crippen LogP contribution is -2.36. The molecule has 4 N–H and O–H groups in total. The van der Waals surface area contributed by atoms with Gasteiger partial charge in [-0.15, -0.1) is 0 Å². The fourth-order valence-corrected chi connectivity index (χ4v) is 11.2. The van der Waals surface area contributed by atoms with E-state index in [9.17, 15) is 19.2 Å². The summed E-state index contributed by atoms with van der Waals surface area (Å²) in [5.74, 6) is 1.67. The van der Waals surface area contributed by atoms with Gasteiger partial charge in [0.1, 0.15) is 23.7 Å². The lowest BCUT2D eigenvalue weighted by Gasteiger charge is -2.26. The van der Waals surface area contributed by atoms with Crippen LogP contribution in [0.3, 0.4) is 0 Å². The molecule has 2 fully saturated rings. The van der Waals surface area contributed by atoms with Gasteiger partial charge < -0.3 is 39.0 Å². The standard InChI is InChI=1S/C32H36N2O4.C21H22BrNO3.C11H16BNO3/c1-5-32(4)19-26-17-25(29(35)11-10-27-21(2)16-22(3)33-31(27)36)18-28(30(26)38-32)24-8-6-23(7-9-24)20-34-12-14-37-15-13-34;1-12-6-7-26-20-16(8-12)10-15(11-18(20)22)19(24)5-4-17-13(2)9-14(3)23-21(17)25;14-12(15)11-3-1-10(2-4-11)9-13-5-7-16-8-6-13/h5-9,16-18H,1,10-15,19-20H2,2-4H3,(H,33,36);6,9-11H,4-5,7-8H2,1-3H3,(H,23,25);1-4,14-15H,5-9H2. The van der Waals surface area contributed by atoms with Crippen molar-refractivity contribution in [3.05, 3.63) is 201 Å². The second-order valence-electron chi connectivity index (χ2n) is 21.6. The zero-order chi connectivity index (χ0) is 57.1. The number of allylic oxidation sites excluding steroid dienone is 1. The number of carbonyl (C=O) groups is 2. The Bertz CT molecular complexity index is 3340. The number of H-pyrrole nitrogens is 2. The van der Waals surface area contributed by atoms with Crippen LogP contribution in [0, 0.1) is 27.7 Å². The Morgan fingerprint density at radius 3 is 1.70 bits per heavy atom. The number of benzene rings is 4. The van der Waals surface area contributed by atoms with Gasteiger partial charge in [0.2, 0.25) is 0 Å². The van der Waals surface area contributed by atoms with Gasteiger partial charge in [-0.3, -0.25) is 29.0 Å². The number of nitrogens with zero attached hydrogens (tertiary/aromatic N) is 2. The van der Waals surface area contributed by atoms with E-state index in [0.717, 1.165) is 133 Å². The normalized spacial score (nSPS) is 16.9. The Morgan fingerprint density at radius 2 is 1.20 bits per heavy atom. The average molecular weight is 1150 g/mol. The first kappa shape index (κ1) is 59.6. The average Bonchev–Trinajstić information content (AvgIpc) is 3.66. The van der Waals surface area contributed by atoms with Gasteiger partial charge in [0.05, 0.1) is 30.9 Å². The Morgan fingerprint density at radius 1 is 0.700 bits per heavy atom. The Kier molecular flexibility index (Phi) is 20.4. The number of aromatic nitrogens is 2. The maximum absolute atomic E-state index is 13.4. The molecule has 420 valence electrons. The van der Waals surface area contributed by atoms with Crippen LogP contribution in [0.15, 0.2) is 123 Å². The number of pyridine rings is 2. The highest BCUT2D eigenvalue weighted by molar-refractivity contribution is 9.10. The summed E-state index contributed by atoms with van der Waals surface area (Å²) >= 11 is 3.53. The van der Waals surface area contributed by atoms with E-state index in [1.165, 1.54) is 16.7 Å². The van der Waals surface area contributed by atoms with Gasteiger partial charge in [0.15, 0.2) is 11.6 Å². The molecule has 0 aliphatic carbocycles. The van der Waals surface area contributed by atoms with E-state index < -0.39 is 12.7 Å². The number of ketones is 2. The first-order valence-corrected chi connectivity index (χ1v) is 28.3. The fourth-order valence-electron chi connectivity index (χ4n) is 10.6. The lowest BCUT2D eigenvalue weighted by molar-refractivity contribution is 0.0341. The van der Waals surface area contributed by atoms with E-state index in [4.69, 9.17) is 29.0 Å². The predicted octanol–water partition coefficient (Wildman–Crippen LogP) is 8.84. The number of rotatable bonds is 15. The number of fused-ring (bicyclic) bond motifs is 2. The summed E-state index contributed by atoms with van der Waals surface area (Å²) in [6.07, 6.45) is 6.72. The van der Waals surface area contributed by atoms with Crippen molar-refractivity contribution >= 4 is 40.1 Å².